The fraction of sp³-hybridized carbons (Fsp3) is 0.182. The molecule has 0 unspecified atom stereocenters. The van der Waals surface area contributed by atoms with Crippen LogP contribution in [-0.4, -0.2) is 11.7 Å². The number of anilines is 1. The molecule has 0 aliphatic carbocycles. The van der Waals surface area contributed by atoms with Crippen molar-refractivity contribution in [1.29, 1.82) is 5.26 Å². The van der Waals surface area contributed by atoms with Crippen LogP contribution < -0.4 is 5.32 Å². The van der Waals surface area contributed by atoms with Gasteiger partial charge in [-0.25, -0.2) is 4.39 Å². The molecule has 1 aromatic rings. The zero-order chi connectivity index (χ0) is 12.1. The highest BCUT2D eigenvalue weighted by Crippen LogP contribution is 2.17. The summed E-state index contributed by atoms with van der Waals surface area (Å²) in [5.41, 5.74) is -0.159. The summed E-state index contributed by atoms with van der Waals surface area (Å²) in [5.74, 6) is -1.56. The SMILES string of the molecule is CC(=O)CC(=O)Nc1cccc(F)c1C#N. The van der Waals surface area contributed by atoms with Crippen molar-refractivity contribution in [1.82, 2.24) is 0 Å². The van der Waals surface area contributed by atoms with E-state index in [2.05, 4.69) is 5.32 Å². The fourth-order valence-electron chi connectivity index (χ4n) is 1.16. The van der Waals surface area contributed by atoms with Crippen molar-refractivity contribution in [3.05, 3.63) is 29.6 Å². The maximum absolute atomic E-state index is 13.1. The number of rotatable bonds is 3. The molecule has 0 aliphatic rings. The van der Waals surface area contributed by atoms with E-state index in [1.165, 1.54) is 19.1 Å². The van der Waals surface area contributed by atoms with Crippen molar-refractivity contribution < 1.29 is 14.0 Å². The van der Waals surface area contributed by atoms with Crippen LogP contribution in [0.1, 0.15) is 18.9 Å². The Hall–Kier alpha value is -2.22. The first-order chi connectivity index (χ1) is 7.54. The standard InChI is InChI=1S/C11H9FN2O2/c1-7(15)5-11(16)14-10-4-2-3-9(12)8(10)6-13/h2-4H,5H2,1H3,(H,14,16). The van der Waals surface area contributed by atoms with Gasteiger partial charge in [0.2, 0.25) is 5.91 Å². The molecule has 0 atom stereocenters. The quantitative estimate of drug-likeness (QED) is 0.787. The molecule has 1 rings (SSSR count). The number of ketones is 1. The van der Waals surface area contributed by atoms with E-state index in [4.69, 9.17) is 5.26 Å². The second-order valence-corrected chi connectivity index (χ2v) is 3.20. The van der Waals surface area contributed by atoms with Crippen molar-refractivity contribution in [2.45, 2.75) is 13.3 Å². The van der Waals surface area contributed by atoms with Crippen LogP contribution in [0.25, 0.3) is 0 Å². The van der Waals surface area contributed by atoms with Crippen molar-refractivity contribution in [2.24, 2.45) is 0 Å². The molecule has 1 amide bonds. The maximum atomic E-state index is 13.1. The third-order valence-electron chi connectivity index (χ3n) is 1.81. The minimum Gasteiger partial charge on any atom is -0.324 e. The molecule has 4 nitrogen and oxygen atoms in total. The number of halogens is 1. The Bertz CT molecular complexity index is 477. The van der Waals surface area contributed by atoms with Gasteiger partial charge in [-0.1, -0.05) is 6.07 Å². The third kappa shape index (κ3) is 2.89. The van der Waals surface area contributed by atoms with E-state index >= 15 is 0 Å². The number of benzene rings is 1. The van der Waals surface area contributed by atoms with Gasteiger partial charge in [0.05, 0.1) is 12.1 Å². The Morgan fingerprint density at radius 1 is 1.50 bits per heavy atom. The first kappa shape index (κ1) is 11.9. The van der Waals surface area contributed by atoms with Crippen LogP contribution in [0.15, 0.2) is 18.2 Å². The lowest BCUT2D eigenvalue weighted by Crippen LogP contribution is -2.15. The van der Waals surface area contributed by atoms with Crippen LogP contribution in [0.3, 0.4) is 0 Å². The molecule has 0 aliphatic heterocycles. The average molecular weight is 220 g/mol. The molecular weight excluding hydrogens is 211 g/mol. The molecule has 1 N–H and O–H groups in total. The number of hydrogen-bond donors (Lipinski definition) is 1. The Morgan fingerprint density at radius 3 is 2.75 bits per heavy atom. The monoisotopic (exact) mass is 220 g/mol. The summed E-state index contributed by atoms with van der Waals surface area (Å²) >= 11 is 0. The van der Waals surface area contributed by atoms with Gasteiger partial charge in [0.25, 0.3) is 0 Å². The molecule has 5 heteroatoms. The predicted octanol–water partition coefficient (Wildman–Crippen LogP) is 1.61. The topological polar surface area (TPSA) is 70.0 Å². The summed E-state index contributed by atoms with van der Waals surface area (Å²) in [6.07, 6.45) is -0.290. The summed E-state index contributed by atoms with van der Waals surface area (Å²) in [6.45, 7) is 1.27. The minimum absolute atomic E-state index is 0.0775. The summed E-state index contributed by atoms with van der Waals surface area (Å²) in [7, 11) is 0. The minimum atomic E-state index is -0.705. The first-order valence-electron chi connectivity index (χ1n) is 4.52. The van der Waals surface area contributed by atoms with Gasteiger partial charge in [0.15, 0.2) is 0 Å². The molecule has 0 spiro atoms. The Labute approximate surface area is 91.7 Å². The van der Waals surface area contributed by atoms with Crippen LogP contribution in [-0.2, 0) is 9.59 Å². The van der Waals surface area contributed by atoms with Crippen LogP contribution in [0.4, 0.5) is 10.1 Å². The molecule has 0 aromatic heterocycles. The van der Waals surface area contributed by atoms with E-state index in [9.17, 15) is 14.0 Å². The van der Waals surface area contributed by atoms with Crippen LogP contribution in [0.2, 0.25) is 0 Å². The van der Waals surface area contributed by atoms with E-state index in [1.807, 2.05) is 0 Å². The highest BCUT2D eigenvalue weighted by atomic mass is 19.1. The van der Waals surface area contributed by atoms with Gasteiger partial charge in [0.1, 0.15) is 23.2 Å². The third-order valence-corrected chi connectivity index (χ3v) is 1.81. The number of carbonyl (C=O) groups excluding carboxylic acids is 2. The van der Waals surface area contributed by atoms with E-state index < -0.39 is 11.7 Å². The molecule has 0 radical (unpaired) electrons. The van der Waals surface area contributed by atoms with Crippen LogP contribution in [0.5, 0.6) is 0 Å². The molecule has 82 valence electrons. The second-order valence-electron chi connectivity index (χ2n) is 3.20. The molecule has 16 heavy (non-hydrogen) atoms. The first-order valence-corrected chi connectivity index (χ1v) is 4.52. The summed E-state index contributed by atoms with van der Waals surface area (Å²) in [4.78, 5) is 21.9. The Balaban J connectivity index is 2.90. The lowest BCUT2D eigenvalue weighted by molar-refractivity contribution is -0.124. The summed E-state index contributed by atoms with van der Waals surface area (Å²) < 4.78 is 13.1. The summed E-state index contributed by atoms with van der Waals surface area (Å²) in [6, 6.07) is 5.55. The number of nitriles is 1. The van der Waals surface area contributed by atoms with Gasteiger partial charge in [-0.15, -0.1) is 0 Å². The number of amides is 1. The van der Waals surface area contributed by atoms with E-state index in [0.29, 0.717) is 0 Å². The predicted molar refractivity (Wildman–Crippen MR) is 55.0 cm³/mol. The molecule has 0 heterocycles. The van der Waals surface area contributed by atoms with Gasteiger partial charge in [-0.3, -0.25) is 9.59 Å². The highest BCUT2D eigenvalue weighted by Gasteiger charge is 2.11. The van der Waals surface area contributed by atoms with Crippen molar-refractivity contribution >= 4 is 17.4 Å². The number of nitrogens with zero attached hydrogens (tertiary/aromatic N) is 1. The van der Waals surface area contributed by atoms with Gasteiger partial charge >= 0.3 is 0 Å². The van der Waals surface area contributed by atoms with E-state index in [0.717, 1.165) is 6.07 Å². The zero-order valence-corrected chi connectivity index (χ0v) is 8.58. The highest BCUT2D eigenvalue weighted by molar-refractivity contribution is 6.04. The molecule has 0 fully saturated rings. The van der Waals surface area contributed by atoms with Crippen LogP contribution >= 0.6 is 0 Å². The van der Waals surface area contributed by atoms with Crippen LogP contribution in [0, 0.1) is 17.1 Å². The maximum Gasteiger partial charge on any atom is 0.231 e. The second kappa shape index (κ2) is 5.03. The zero-order valence-electron chi connectivity index (χ0n) is 8.58. The van der Waals surface area contributed by atoms with Gasteiger partial charge in [-0.2, -0.15) is 5.26 Å². The van der Waals surface area contributed by atoms with E-state index in [1.54, 1.807) is 6.07 Å². The molecule has 0 saturated heterocycles. The van der Waals surface area contributed by atoms with Crippen molar-refractivity contribution in [3.8, 4) is 6.07 Å². The molecular formula is C11H9FN2O2. The average Bonchev–Trinajstić information content (AvgIpc) is 2.16. The number of hydrogen-bond acceptors (Lipinski definition) is 3. The van der Waals surface area contributed by atoms with Gasteiger partial charge in [-0.05, 0) is 19.1 Å². The van der Waals surface area contributed by atoms with Gasteiger partial charge < -0.3 is 5.32 Å². The van der Waals surface area contributed by atoms with E-state index in [-0.39, 0.29) is 23.5 Å². The lowest BCUT2D eigenvalue weighted by Gasteiger charge is -2.05. The molecule has 1 aromatic carbocycles. The Morgan fingerprint density at radius 2 is 2.19 bits per heavy atom. The van der Waals surface area contributed by atoms with Crippen molar-refractivity contribution in [3.63, 3.8) is 0 Å². The number of Topliss-reactive ketones (excluding diaryl/α,β-unsaturated/α-hetero) is 1. The largest absolute Gasteiger partial charge is 0.324 e. The normalized spacial score (nSPS) is 9.31. The van der Waals surface area contributed by atoms with Crippen molar-refractivity contribution in [2.75, 3.05) is 5.32 Å². The smallest absolute Gasteiger partial charge is 0.231 e. The number of carbonyl (C=O) groups is 2. The van der Waals surface area contributed by atoms with Gasteiger partial charge in [0, 0.05) is 0 Å². The number of nitrogens with one attached hydrogen (secondary N) is 1. The lowest BCUT2D eigenvalue weighted by atomic mass is 10.1. The Kier molecular flexibility index (Phi) is 3.72. The molecule has 0 saturated carbocycles. The molecule has 0 bridgehead atoms. The summed E-state index contributed by atoms with van der Waals surface area (Å²) in [5, 5.41) is 11.0. The fourth-order valence-corrected chi connectivity index (χ4v) is 1.16.